The molecule has 0 spiro atoms. The Morgan fingerprint density at radius 1 is 1.08 bits per heavy atom. The van der Waals surface area contributed by atoms with Gasteiger partial charge in [-0.2, -0.15) is 0 Å². The number of rotatable bonds is 12. The molecule has 2 aliphatic rings. The topological polar surface area (TPSA) is 100 Å². The van der Waals surface area contributed by atoms with E-state index in [9.17, 15) is 14.7 Å². The molecule has 0 aliphatic carbocycles. The second-order valence-corrected chi connectivity index (χ2v) is 11.3. The summed E-state index contributed by atoms with van der Waals surface area (Å²) in [5, 5.41) is 16.5. The van der Waals surface area contributed by atoms with Gasteiger partial charge in [0.2, 0.25) is 5.91 Å². The van der Waals surface area contributed by atoms with E-state index in [0.29, 0.717) is 32.0 Å². The first-order valence-electron chi connectivity index (χ1n) is 14.2. The van der Waals surface area contributed by atoms with Crippen LogP contribution in [0.25, 0.3) is 0 Å². The number of fused-ring (bicyclic) bond motifs is 2. The number of carboxylic acid groups (broad SMARTS) is 1. The second kappa shape index (κ2) is 13.3. The van der Waals surface area contributed by atoms with Crippen LogP contribution in [0.15, 0.2) is 48.5 Å². The average molecular weight is 538 g/mol. The smallest absolute Gasteiger partial charge is 0.407 e. The van der Waals surface area contributed by atoms with Crippen LogP contribution in [-0.2, 0) is 14.9 Å². The van der Waals surface area contributed by atoms with Crippen molar-refractivity contribution in [3.05, 3.63) is 59.7 Å². The number of piperidine rings is 1. The van der Waals surface area contributed by atoms with Crippen molar-refractivity contribution in [2.45, 2.75) is 57.4 Å². The molecule has 2 aliphatic heterocycles. The summed E-state index contributed by atoms with van der Waals surface area (Å²) >= 11 is 0. The second-order valence-electron chi connectivity index (χ2n) is 11.3. The Kier molecular flexibility index (Phi) is 9.86. The van der Waals surface area contributed by atoms with Crippen LogP contribution in [0.4, 0.5) is 4.79 Å². The molecule has 0 unspecified atom stereocenters. The first-order valence-corrected chi connectivity index (χ1v) is 14.2. The number of benzene rings is 2. The predicted molar refractivity (Wildman–Crippen MR) is 151 cm³/mol. The van der Waals surface area contributed by atoms with E-state index in [-0.39, 0.29) is 18.5 Å². The van der Waals surface area contributed by atoms with E-state index >= 15 is 0 Å². The Morgan fingerprint density at radius 3 is 2.36 bits per heavy atom. The number of hydrogen-bond acceptors (Lipinski definition) is 5. The van der Waals surface area contributed by atoms with Crippen LogP contribution in [0.3, 0.4) is 0 Å². The molecule has 1 fully saturated rings. The standard InChI is InChI=1S/C31H43N3O5/c1-22(2)14-16-32-24-18-23(19-34(20-24)30(36)37)29(35)33-21-31(15-8-9-17-38-3)25-10-4-6-12-27(25)39-28-13-7-5-11-26(28)31/h4-7,10-13,22-24,32H,8-9,14-21H2,1-3H3,(H,33,35)(H,36,37)/t23-,24+/m0/s1. The highest BCUT2D eigenvalue weighted by molar-refractivity contribution is 5.80. The quantitative estimate of drug-likeness (QED) is 0.329. The Hall–Kier alpha value is -3.10. The third kappa shape index (κ3) is 6.92. The highest BCUT2D eigenvalue weighted by Gasteiger charge is 2.43. The van der Waals surface area contributed by atoms with E-state index in [0.717, 1.165) is 54.9 Å². The van der Waals surface area contributed by atoms with E-state index in [4.69, 9.17) is 9.47 Å². The molecule has 2 amide bonds. The summed E-state index contributed by atoms with van der Waals surface area (Å²) in [5.74, 6) is 1.65. The molecule has 39 heavy (non-hydrogen) atoms. The van der Waals surface area contributed by atoms with Gasteiger partial charge in [-0.3, -0.25) is 4.79 Å². The summed E-state index contributed by atoms with van der Waals surface area (Å²) < 4.78 is 11.6. The van der Waals surface area contributed by atoms with Crippen LogP contribution in [0.2, 0.25) is 0 Å². The highest BCUT2D eigenvalue weighted by Crippen LogP contribution is 2.50. The maximum atomic E-state index is 13.7. The van der Waals surface area contributed by atoms with E-state index in [1.165, 1.54) is 4.90 Å². The van der Waals surface area contributed by atoms with Gasteiger partial charge in [0.1, 0.15) is 11.5 Å². The van der Waals surface area contributed by atoms with Crippen molar-refractivity contribution in [3.63, 3.8) is 0 Å². The molecule has 0 bridgehead atoms. The minimum absolute atomic E-state index is 0.0445. The minimum atomic E-state index is -0.981. The zero-order chi connectivity index (χ0) is 27.8. The van der Waals surface area contributed by atoms with Gasteiger partial charge in [-0.25, -0.2) is 4.79 Å². The molecule has 3 N–H and O–H groups in total. The van der Waals surface area contributed by atoms with Gasteiger partial charge < -0.3 is 30.1 Å². The molecule has 2 aromatic rings. The zero-order valence-corrected chi connectivity index (χ0v) is 23.4. The highest BCUT2D eigenvalue weighted by atomic mass is 16.5. The fourth-order valence-electron chi connectivity index (χ4n) is 5.94. The summed E-state index contributed by atoms with van der Waals surface area (Å²) in [7, 11) is 1.71. The van der Waals surface area contributed by atoms with Gasteiger partial charge in [0.25, 0.3) is 0 Å². The molecule has 212 valence electrons. The van der Waals surface area contributed by atoms with Gasteiger partial charge in [0.15, 0.2) is 0 Å². The van der Waals surface area contributed by atoms with Crippen molar-refractivity contribution in [2.75, 3.05) is 39.9 Å². The van der Waals surface area contributed by atoms with Gasteiger partial charge in [0, 0.05) is 55.9 Å². The molecule has 2 atom stereocenters. The lowest BCUT2D eigenvalue weighted by Gasteiger charge is -2.41. The van der Waals surface area contributed by atoms with Gasteiger partial charge >= 0.3 is 6.09 Å². The van der Waals surface area contributed by atoms with Crippen molar-refractivity contribution in [2.24, 2.45) is 11.8 Å². The average Bonchev–Trinajstić information content (AvgIpc) is 2.93. The number of methoxy groups -OCH3 is 1. The molecule has 4 rings (SSSR count). The fourth-order valence-corrected chi connectivity index (χ4v) is 5.94. The van der Waals surface area contributed by atoms with Crippen LogP contribution in [0.5, 0.6) is 11.5 Å². The maximum Gasteiger partial charge on any atom is 0.407 e. The van der Waals surface area contributed by atoms with E-state index in [1.807, 2.05) is 36.4 Å². The number of carbonyl (C=O) groups excluding carboxylic acids is 1. The number of nitrogens with one attached hydrogen (secondary N) is 2. The largest absolute Gasteiger partial charge is 0.465 e. The number of nitrogens with zero attached hydrogens (tertiary/aromatic N) is 1. The van der Waals surface area contributed by atoms with Gasteiger partial charge in [-0.15, -0.1) is 0 Å². The van der Waals surface area contributed by atoms with Crippen molar-refractivity contribution in [1.29, 1.82) is 0 Å². The summed E-state index contributed by atoms with van der Waals surface area (Å²) in [5.41, 5.74) is 1.65. The molecule has 1 saturated heterocycles. The minimum Gasteiger partial charge on any atom is -0.465 e. The third-order valence-corrected chi connectivity index (χ3v) is 8.04. The Labute approximate surface area is 232 Å². The summed E-state index contributed by atoms with van der Waals surface area (Å²) in [6.45, 7) is 6.84. The molecular weight excluding hydrogens is 494 g/mol. The lowest BCUT2D eigenvalue weighted by Crippen LogP contribution is -2.55. The summed E-state index contributed by atoms with van der Waals surface area (Å²) in [6, 6.07) is 16.1. The molecular formula is C31H43N3O5. The normalized spacial score (nSPS) is 19.6. The predicted octanol–water partition coefficient (Wildman–Crippen LogP) is 5.02. The molecule has 0 aromatic heterocycles. The van der Waals surface area contributed by atoms with Crippen LogP contribution in [0, 0.1) is 11.8 Å². The van der Waals surface area contributed by atoms with Gasteiger partial charge in [0.05, 0.1) is 5.92 Å². The Morgan fingerprint density at radius 2 is 1.74 bits per heavy atom. The maximum absolute atomic E-state index is 13.7. The molecule has 2 aromatic carbocycles. The van der Waals surface area contributed by atoms with E-state index in [1.54, 1.807) is 7.11 Å². The molecule has 0 saturated carbocycles. The fraction of sp³-hybridized carbons (Fsp3) is 0.548. The van der Waals surface area contributed by atoms with Gasteiger partial charge in [-0.05, 0) is 56.7 Å². The lowest BCUT2D eigenvalue weighted by molar-refractivity contribution is -0.127. The summed E-state index contributed by atoms with van der Waals surface area (Å²) in [6.07, 6.45) is 3.30. The number of ether oxygens (including phenoxy) is 2. The van der Waals surface area contributed by atoms with Crippen molar-refractivity contribution in [1.82, 2.24) is 15.5 Å². The number of likely N-dealkylation sites (tertiary alicyclic amines) is 1. The van der Waals surface area contributed by atoms with E-state index in [2.05, 4.69) is 36.6 Å². The van der Waals surface area contributed by atoms with Crippen LogP contribution < -0.4 is 15.4 Å². The zero-order valence-electron chi connectivity index (χ0n) is 23.4. The van der Waals surface area contributed by atoms with Crippen LogP contribution in [0.1, 0.15) is 57.1 Å². The molecule has 8 heteroatoms. The van der Waals surface area contributed by atoms with Crippen molar-refractivity contribution in [3.8, 4) is 11.5 Å². The number of hydrogen-bond donors (Lipinski definition) is 3. The number of carbonyl (C=O) groups is 2. The first-order chi connectivity index (χ1) is 18.8. The first kappa shape index (κ1) is 28.9. The van der Waals surface area contributed by atoms with Crippen LogP contribution in [-0.4, -0.2) is 67.9 Å². The van der Waals surface area contributed by atoms with Crippen molar-refractivity contribution < 1.29 is 24.2 Å². The van der Waals surface area contributed by atoms with Crippen molar-refractivity contribution >= 4 is 12.0 Å². The molecule has 0 radical (unpaired) electrons. The third-order valence-electron chi connectivity index (χ3n) is 8.04. The summed E-state index contributed by atoms with van der Waals surface area (Å²) in [4.78, 5) is 26.9. The number of para-hydroxylation sites is 2. The lowest BCUT2D eigenvalue weighted by atomic mass is 9.69. The molecule has 8 nitrogen and oxygen atoms in total. The van der Waals surface area contributed by atoms with Gasteiger partial charge in [-0.1, -0.05) is 50.2 Å². The molecule has 2 heterocycles. The van der Waals surface area contributed by atoms with Crippen LogP contribution >= 0.6 is 0 Å². The monoisotopic (exact) mass is 537 g/mol. The number of amides is 2. The number of unbranched alkanes of at least 4 members (excludes halogenated alkanes) is 1. The van der Waals surface area contributed by atoms with E-state index < -0.39 is 17.4 Å². The Bertz CT molecular complexity index is 1080. The SMILES string of the molecule is COCCCCC1(CNC(=O)[C@H]2C[C@@H](NCCC(C)C)CN(C(=O)O)C2)c2ccccc2Oc2ccccc21. The Balaban J connectivity index is 1.56.